The Bertz CT molecular complexity index is 476. The van der Waals surface area contributed by atoms with Crippen LogP contribution in [0.15, 0.2) is 18.2 Å². The van der Waals surface area contributed by atoms with Crippen molar-refractivity contribution in [2.45, 2.75) is 6.92 Å². The van der Waals surface area contributed by atoms with E-state index in [4.69, 9.17) is 5.26 Å². The molecule has 0 aliphatic carbocycles. The van der Waals surface area contributed by atoms with Crippen LogP contribution in [0, 0.1) is 28.4 Å². The van der Waals surface area contributed by atoms with E-state index in [9.17, 15) is 14.9 Å². The van der Waals surface area contributed by atoms with Gasteiger partial charge in [-0.1, -0.05) is 6.07 Å². The Morgan fingerprint density at radius 3 is 2.88 bits per heavy atom. The summed E-state index contributed by atoms with van der Waals surface area (Å²) in [4.78, 5) is 21.3. The third kappa shape index (κ3) is 2.54. The van der Waals surface area contributed by atoms with Crippen molar-refractivity contribution in [3.8, 4) is 6.07 Å². The largest absolute Gasteiger partial charge is 0.447 e. The van der Waals surface area contributed by atoms with E-state index in [2.05, 4.69) is 4.74 Å². The van der Waals surface area contributed by atoms with Gasteiger partial charge in [0.15, 0.2) is 6.61 Å². The van der Waals surface area contributed by atoms with E-state index in [0.29, 0.717) is 5.56 Å². The summed E-state index contributed by atoms with van der Waals surface area (Å²) in [6.07, 6.45) is 0. The number of carbonyl (C=O) groups is 1. The van der Waals surface area contributed by atoms with Crippen LogP contribution in [0.4, 0.5) is 5.69 Å². The van der Waals surface area contributed by atoms with Gasteiger partial charge >= 0.3 is 5.97 Å². The number of benzene rings is 1. The van der Waals surface area contributed by atoms with E-state index in [1.807, 2.05) is 0 Å². The van der Waals surface area contributed by atoms with Crippen molar-refractivity contribution in [3.05, 3.63) is 39.4 Å². The van der Waals surface area contributed by atoms with Crippen LogP contribution in [-0.4, -0.2) is 17.5 Å². The van der Waals surface area contributed by atoms with Crippen molar-refractivity contribution in [2.75, 3.05) is 6.61 Å². The Balaban J connectivity index is 2.99. The maximum absolute atomic E-state index is 11.3. The average Bonchev–Trinajstić information content (AvgIpc) is 2.26. The first-order chi connectivity index (χ1) is 7.56. The number of aryl methyl sites for hydroxylation is 1. The summed E-state index contributed by atoms with van der Waals surface area (Å²) in [6, 6.07) is 5.65. The summed E-state index contributed by atoms with van der Waals surface area (Å²) in [6.45, 7) is 1.20. The SMILES string of the molecule is Cc1ccc(C(=O)OCC#N)cc1[N+](=O)[O-]. The van der Waals surface area contributed by atoms with Crippen molar-refractivity contribution in [2.24, 2.45) is 0 Å². The number of nitro groups is 1. The standard InChI is InChI=1S/C10H8N2O4/c1-7-2-3-8(6-9(7)12(14)15)10(13)16-5-4-11/h2-3,6H,5H2,1H3. The van der Waals surface area contributed by atoms with Gasteiger partial charge < -0.3 is 4.74 Å². The minimum absolute atomic E-state index is 0.0625. The van der Waals surface area contributed by atoms with Crippen LogP contribution in [0.25, 0.3) is 0 Å². The molecule has 0 aliphatic rings. The van der Waals surface area contributed by atoms with Crippen LogP contribution in [0.5, 0.6) is 0 Å². The molecule has 0 atom stereocenters. The zero-order valence-corrected chi connectivity index (χ0v) is 8.47. The third-order valence-corrected chi connectivity index (χ3v) is 1.91. The number of nitro benzene ring substituents is 1. The highest BCUT2D eigenvalue weighted by Gasteiger charge is 2.15. The number of rotatable bonds is 3. The summed E-state index contributed by atoms with van der Waals surface area (Å²) >= 11 is 0. The van der Waals surface area contributed by atoms with Crippen LogP contribution in [0.2, 0.25) is 0 Å². The van der Waals surface area contributed by atoms with Crippen LogP contribution in [0.1, 0.15) is 15.9 Å². The highest BCUT2D eigenvalue weighted by atomic mass is 16.6. The van der Waals surface area contributed by atoms with Gasteiger partial charge in [-0.3, -0.25) is 10.1 Å². The molecule has 0 bridgehead atoms. The van der Waals surface area contributed by atoms with Crippen LogP contribution in [0.3, 0.4) is 0 Å². The maximum atomic E-state index is 11.3. The van der Waals surface area contributed by atoms with E-state index < -0.39 is 10.9 Å². The fourth-order valence-electron chi connectivity index (χ4n) is 1.11. The highest BCUT2D eigenvalue weighted by Crippen LogP contribution is 2.19. The lowest BCUT2D eigenvalue weighted by molar-refractivity contribution is -0.385. The molecular weight excluding hydrogens is 212 g/mol. The van der Waals surface area contributed by atoms with Gasteiger partial charge in [-0.2, -0.15) is 5.26 Å². The Morgan fingerprint density at radius 2 is 2.31 bits per heavy atom. The second-order valence-electron chi connectivity index (χ2n) is 2.99. The lowest BCUT2D eigenvalue weighted by Crippen LogP contribution is -2.06. The Morgan fingerprint density at radius 1 is 1.62 bits per heavy atom. The zero-order chi connectivity index (χ0) is 12.1. The van der Waals surface area contributed by atoms with Crippen molar-refractivity contribution < 1.29 is 14.5 Å². The van der Waals surface area contributed by atoms with Crippen molar-refractivity contribution in [1.82, 2.24) is 0 Å². The molecule has 0 amide bonds. The number of nitrogens with zero attached hydrogens (tertiary/aromatic N) is 2. The Labute approximate surface area is 91.2 Å². The molecular formula is C10H8N2O4. The van der Waals surface area contributed by atoms with Gasteiger partial charge in [0.25, 0.3) is 5.69 Å². The molecule has 1 aromatic carbocycles. The Hall–Kier alpha value is -2.42. The molecule has 0 heterocycles. The van der Waals surface area contributed by atoms with Gasteiger partial charge in [-0.25, -0.2) is 4.79 Å². The van der Waals surface area contributed by atoms with E-state index >= 15 is 0 Å². The first-order valence-electron chi connectivity index (χ1n) is 4.35. The summed E-state index contributed by atoms with van der Waals surface area (Å²) in [5.41, 5.74) is 0.376. The van der Waals surface area contributed by atoms with E-state index in [-0.39, 0.29) is 17.9 Å². The first-order valence-corrected chi connectivity index (χ1v) is 4.35. The summed E-state index contributed by atoms with van der Waals surface area (Å²) in [5, 5.41) is 18.8. The van der Waals surface area contributed by atoms with E-state index in [0.717, 1.165) is 6.07 Å². The first kappa shape index (κ1) is 11.7. The number of nitriles is 1. The second-order valence-corrected chi connectivity index (χ2v) is 2.99. The van der Waals surface area contributed by atoms with Gasteiger partial charge in [-0.15, -0.1) is 0 Å². The molecule has 0 aliphatic heterocycles. The zero-order valence-electron chi connectivity index (χ0n) is 8.47. The minimum Gasteiger partial charge on any atom is -0.447 e. The molecule has 0 fully saturated rings. The molecule has 0 N–H and O–H groups in total. The molecule has 0 radical (unpaired) electrons. The van der Waals surface area contributed by atoms with Crippen molar-refractivity contribution in [3.63, 3.8) is 0 Å². The van der Waals surface area contributed by atoms with Gasteiger partial charge in [0.05, 0.1) is 10.5 Å². The molecule has 16 heavy (non-hydrogen) atoms. The number of ether oxygens (including phenoxy) is 1. The second kappa shape index (κ2) is 4.89. The molecule has 0 saturated heterocycles. The summed E-state index contributed by atoms with van der Waals surface area (Å²) < 4.78 is 4.53. The fourth-order valence-corrected chi connectivity index (χ4v) is 1.11. The van der Waals surface area contributed by atoms with Crippen LogP contribution < -0.4 is 0 Å². The molecule has 6 nitrogen and oxygen atoms in total. The Kier molecular flexibility index (Phi) is 3.56. The molecule has 0 spiro atoms. The van der Waals surface area contributed by atoms with Gasteiger partial charge in [0.2, 0.25) is 0 Å². The van der Waals surface area contributed by atoms with Crippen LogP contribution >= 0.6 is 0 Å². The lowest BCUT2D eigenvalue weighted by atomic mass is 10.1. The van der Waals surface area contributed by atoms with Crippen LogP contribution in [-0.2, 0) is 4.74 Å². The number of hydrogen-bond donors (Lipinski definition) is 0. The summed E-state index contributed by atoms with van der Waals surface area (Å²) in [5.74, 6) is -0.746. The molecule has 1 aromatic rings. The number of esters is 1. The molecule has 82 valence electrons. The van der Waals surface area contributed by atoms with Gasteiger partial charge in [0, 0.05) is 11.6 Å². The maximum Gasteiger partial charge on any atom is 0.339 e. The predicted molar refractivity (Wildman–Crippen MR) is 53.7 cm³/mol. The topological polar surface area (TPSA) is 93.2 Å². The fraction of sp³-hybridized carbons (Fsp3) is 0.200. The molecule has 1 rings (SSSR count). The third-order valence-electron chi connectivity index (χ3n) is 1.91. The predicted octanol–water partition coefficient (Wildman–Crippen LogP) is 1.58. The average molecular weight is 220 g/mol. The summed E-state index contributed by atoms with van der Waals surface area (Å²) in [7, 11) is 0. The van der Waals surface area contributed by atoms with Crippen molar-refractivity contribution >= 4 is 11.7 Å². The molecule has 0 aromatic heterocycles. The normalized spacial score (nSPS) is 9.25. The van der Waals surface area contributed by atoms with E-state index in [1.54, 1.807) is 13.0 Å². The molecule has 0 saturated carbocycles. The number of hydrogen-bond acceptors (Lipinski definition) is 5. The highest BCUT2D eigenvalue weighted by molar-refractivity contribution is 5.90. The van der Waals surface area contributed by atoms with Gasteiger partial charge in [0.1, 0.15) is 6.07 Å². The number of carbonyl (C=O) groups excluding carboxylic acids is 1. The minimum atomic E-state index is -0.746. The van der Waals surface area contributed by atoms with Crippen molar-refractivity contribution in [1.29, 1.82) is 5.26 Å². The smallest absolute Gasteiger partial charge is 0.339 e. The monoisotopic (exact) mass is 220 g/mol. The molecule has 6 heteroatoms. The lowest BCUT2D eigenvalue weighted by Gasteiger charge is -2.01. The quantitative estimate of drug-likeness (QED) is 0.438. The van der Waals surface area contributed by atoms with E-state index in [1.165, 1.54) is 12.1 Å². The molecule has 0 unspecified atom stereocenters. The van der Waals surface area contributed by atoms with Gasteiger partial charge in [-0.05, 0) is 13.0 Å².